The maximum absolute atomic E-state index is 5.84. The summed E-state index contributed by atoms with van der Waals surface area (Å²) in [6.07, 6.45) is 1.76. The molecular formula is C64H43NO. The van der Waals surface area contributed by atoms with Crippen molar-refractivity contribution in [3.05, 3.63) is 306 Å². The van der Waals surface area contributed by atoms with E-state index < -0.39 is 10.8 Å². The molecule has 0 bridgehead atoms. The third-order valence-corrected chi connectivity index (χ3v) is 14.3. The topological polar surface area (TPSA) is 16.4 Å². The monoisotopic (exact) mass is 841 g/mol. The van der Waals surface area contributed by atoms with Crippen molar-refractivity contribution >= 4 is 28.0 Å². The summed E-state index contributed by atoms with van der Waals surface area (Å²) in [5.74, 6) is 0. The van der Waals surface area contributed by atoms with E-state index in [-0.39, 0.29) is 0 Å². The Labute approximate surface area is 385 Å². The molecule has 2 heteroatoms. The molecule has 310 valence electrons. The van der Waals surface area contributed by atoms with Gasteiger partial charge in [0.1, 0.15) is 5.58 Å². The lowest BCUT2D eigenvalue weighted by Crippen LogP contribution is -2.30. The van der Waals surface area contributed by atoms with Crippen LogP contribution in [0.25, 0.3) is 44.3 Å². The van der Waals surface area contributed by atoms with Gasteiger partial charge in [0.05, 0.1) is 22.8 Å². The molecule has 0 unspecified atom stereocenters. The Morgan fingerprint density at radius 3 is 1.42 bits per heavy atom. The van der Waals surface area contributed by atoms with Gasteiger partial charge in [0, 0.05) is 22.3 Å². The number of benzene rings is 10. The Morgan fingerprint density at radius 1 is 0.318 bits per heavy atom. The van der Waals surface area contributed by atoms with Crippen LogP contribution in [0.5, 0.6) is 0 Å². The molecule has 66 heavy (non-hydrogen) atoms. The fraction of sp³-hybridized carbons (Fsp3) is 0.0312. The second kappa shape index (κ2) is 15.1. The van der Waals surface area contributed by atoms with Crippen LogP contribution in [0.15, 0.2) is 265 Å². The van der Waals surface area contributed by atoms with Crippen LogP contribution in [-0.2, 0) is 10.8 Å². The third kappa shape index (κ3) is 5.49. The summed E-state index contributed by atoms with van der Waals surface area (Å²) in [6.45, 7) is 0. The van der Waals surface area contributed by atoms with Crippen LogP contribution in [0.3, 0.4) is 0 Å². The highest BCUT2D eigenvalue weighted by Crippen LogP contribution is 2.61. The van der Waals surface area contributed by atoms with Crippen molar-refractivity contribution in [3.63, 3.8) is 0 Å². The number of nitrogens with zero attached hydrogens (tertiary/aromatic N) is 1. The van der Waals surface area contributed by atoms with Crippen LogP contribution in [0.2, 0.25) is 0 Å². The van der Waals surface area contributed by atoms with E-state index in [1.165, 1.54) is 66.8 Å². The zero-order valence-corrected chi connectivity index (χ0v) is 36.2. The maximum atomic E-state index is 5.84. The Kier molecular flexibility index (Phi) is 8.69. The minimum atomic E-state index is -0.610. The number of rotatable bonds is 8. The molecule has 0 spiro atoms. The summed E-state index contributed by atoms with van der Waals surface area (Å²) >= 11 is 0. The molecule has 2 nitrogen and oxygen atoms in total. The first-order valence-electron chi connectivity index (χ1n) is 22.8. The first-order valence-corrected chi connectivity index (χ1v) is 22.8. The highest BCUT2D eigenvalue weighted by atomic mass is 16.3. The number of fused-ring (bicyclic) bond motifs is 7. The second-order valence-corrected chi connectivity index (χ2v) is 17.5. The number of furan rings is 1. The third-order valence-electron chi connectivity index (χ3n) is 14.3. The van der Waals surface area contributed by atoms with Gasteiger partial charge in [-0.05, 0) is 115 Å². The van der Waals surface area contributed by atoms with Gasteiger partial charge in [-0.25, -0.2) is 0 Å². The second-order valence-electron chi connectivity index (χ2n) is 17.5. The van der Waals surface area contributed by atoms with E-state index in [2.05, 4.69) is 254 Å². The predicted octanol–water partition coefficient (Wildman–Crippen LogP) is 16.3. The van der Waals surface area contributed by atoms with Crippen LogP contribution < -0.4 is 4.90 Å². The number of hydrogen-bond donors (Lipinski definition) is 0. The van der Waals surface area contributed by atoms with Gasteiger partial charge in [0.15, 0.2) is 0 Å². The average molecular weight is 842 g/mol. The molecule has 10 aromatic carbocycles. The lowest BCUT2D eigenvalue weighted by Gasteiger charge is -2.38. The number of hydrogen-bond acceptors (Lipinski definition) is 2. The maximum Gasteiger partial charge on any atom is 0.134 e. The van der Waals surface area contributed by atoms with E-state index in [0.29, 0.717) is 0 Å². The van der Waals surface area contributed by atoms with Crippen molar-refractivity contribution in [1.29, 1.82) is 0 Å². The first kappa shape index (κ1) is 38.0. The van der Waals surface area contributed by atoms with E-state index in [9.17, 15) is 0 Å². The summed E-state index contributed by atoms with van der Waals surface area (Å²) in [6, 6.07) is 94.1. The van der Waals surface area contributed by atoms with Crippen molar-refractivity contribution in [2.24, 2.45) is 0 Å². The van der Waals surface area contributed by atoms with Gasteiger partial charge in [-0.1, -0.05) is 212 Å². The summed E-state index contributed by atoms with van der Waals surface area (Å²) in [7, 11) is 0. The van der Waals surface area contributed by atoms with Crippen LogP contribution in [0.4, 0.5) is 17.1 Å². The van der Waals surface area contributed by atoms with Gasteiger partial charge in [-0.3, -0.25) is 0 Å². The molecule has 11 aromatic rings. The van der Waals surface area contributed by atoms with Crippen molar-refractivity contribution in [1.82, 2.24) is 0 Å². The van der Waals surface area contributed by atoms with Crippen LogP contribution in [0.1, 0.15) is 44.5 Å². The lowest BCUT2D eigenvalue weighted by molar-refractivity contribution is 0.616. The fourth-order valence-electron chi connectivity index (χ4n) is 11.6. The Hall–Kier alpha value is -8.46. The van der Waals surface area contributed by atoms with Gasteiger partial charge < -0.3 is 9.32 Å². The molecule has 13 rings (SSSR count). The van der Waals surface area contributed by atoms with E-state index in [0.717, 1.165) is 39.2 Å². The molecule has 2 aliphatic carbocycles. The molecule has 0 amide bonds. The Morgan fingerprint density at radius 2 is 0.803 bits per heavy atom. The molecular weight excluding hydrogens is 799 g/mol. The van der Waals surface area contributed by atoms with Gasteiger partial charge in [0.2, 0.25) is 0 Å². The van der Waals surface area contributed by atoms with Gasteiger partial charge in [0.25, 0.3) is 0 Å². The SMILES string of the molecule is c1ccc(C2(c3ccccc3)c3ccccc3-c3cc(N(c4ccc(-c5ccc6ccoc6c5)cc4)c4cccc5c4C(c4ccccc4)(c4ccccc4)c4ccccc4-5)ccc32)cc1. The van der Waals surface area contributed by atoms with E-state index in [4.69, 9.17) is 4.42 Å². The summed E-state index contributed by atoms with van der Waals surface area (Å²) < 4.78 is 5.84. The molecule has 0 saturated carbocycles. The van der Waals surface area contributed by atoms with Crippen molar-refractivity contribution in [2.75, 3.05) is 4.90 Å². The largest absolute Gasteiger partial charge is 0.464 e. The average Bonchev–Trinajstić information content (AvgIpc) is 4.08. The summed E-state index contributed by atoms with van der Waals surface area (Å²) in [5, 5.41) is 1.10. The Bertz CT molecular complexity index is 3490. The standard InChI is InChI=1S/C64H43NO/c1-5-18-47(19-6-1)63(48-20-7-2-8-21-48)57-29-15-14-27-54(57)56-43-52(38-39-59(56)63)65(51-36-34-44(35-37-51)46-33-32-45-40-41-66-61(45)42-46)60-31-17-28-55-53-26-13-16-30-58(53)64(62(55)60,49-22-9-3-10-23-49)50-24-11-4-12-25-50/h1-43H. The predicted molar refractivity (Wildman–Crippen MR) is 271 cm³/mol. The van der Waals surface area contributed by atoms with Crippen LogP contribution >= 0.6 is 0 Å². The van der Waals surface area contributed by atoms with Crippen LogP contribution in [-0.4, -0.2) is 0 Å². The smallest absolute Gasteiger partial charge is 0.134 e. The van der Waals surface area contributed by atoms with Crippen molar-refractivity contribution in [2.45, 2.75) is 10.8 Å². The normalized spacial score (nSPS) is 13.7. The zero-order valence-electron chi connectivity index (χ0n) is 36.2. The quantitative estimate of drug-likeness (QED) is 0.152. The number of anilines is 3. The summed E-state index contributed by atoms with van der Waals surface area (Å²) in [5.41, 5.74) is 20.4. The lowest BCUT2D eigenvalue weighted by atomic mass is 9.67. The van der Waals surface area contributed by atoms with Crippen molar-refractivity contribution < 1.29 is 4.42 Å². The fourth-order valence-corrected chi connectivity index (χ4v) is 11.6. The molecule has 1 heterocycles. The molecule has 2 aliphatic rings. The first-order chi connectivity index (χ1) is 32.7. The van der Waals surface area contributed by atoms with E-state index >= 15 is 0 Å². The minimum absolute atomic E-state index is 0.500. The molecule has 0 atom stereocenters. The van der Waals surface area contributed by atoms with Crippen molar-refractivity contribution in [3.8, 4) is 33.4 Å². The van der Waals surface area contributed by atoms with Crippen LogP contribution in [0, 0.1) is 0 Å². The van der Waals surface area contributed by atoms with Gasteiger partial charge in [-0.2, -0.15) is 0 Å². The molecule has 1 aromatic heterocycles. The molecule has 0 radical (unpaired) electrons. The molecule has 0 N–H and O–H groups in total. The van der Waals surface area contributed by atoms with E-state index in [1.807, 2.05) is 6.07 Å². The molecule has 0 fully saturated rings. The zero-order chi connectivity index (χ0) is 43.7. The van der Waals surface area contributed by atoms with E-state index in [1.54, 1.807) is 6.26 Å². The highest BCUT2D eigenvalue weighted by Gasteiger charge is 2.49. The Balaban J connectivity index is 1.09. The van der Waals surface area contributed by atoms with Gasteiger partial charge in [-0.15, -0.1) is 0 Å². The molecule has 0 aliphatic heterocycles. The highest BCUT2D eigenvalue weighted by molar-refractivity contribution is 5.96. The summed E-state index contributed by atoms with van der Waals surface area (Å²) in [4.78, 5) is 2.51. The van der Waals surface area contributed by atoms with Gasteiger partial charge >= 0.3 is 0 Å². The minimum Gasteiger partial charge on any atom is -0.464 e. The molecule has 0 saturated heterocycles.